The van der Waals surface area contributed by atoms with Crippen molar-refractivity contribution < 1.29 is 0 Å². The number of aromatic nitrogens is 2. The van der Waals surface area contributed by atoms with E-state index in [-0.39, 0.29) is 5.69 Å². The van der Waals surface area contributed by atoms with Gasteiger partial charge in [-0.3, -0.25) is 0 Å². The predicted octanol–water partition coefficient (Wildman–Crippen LogP) is 3.04. The summed E-state index contributed by atoms with van der Waals surface area (Å²) in [5.41, 5.74) is 2.80. The minimum absolute atomic E-state index is 0.147. The summed E-state index contributed by atoms with van der Waals surface area (Å²) >= 11 is 1.91. The molecule has 1 unspecified atom stereocenters. The van der Waals surface area contributed by atoms with Crippen LogP contribution in [0.25, 0.3) is 11.0 Å². The van der Waals surface area contributed by atoms with Gasteiger partial charge in [-0.2, -0.15) is 11.8 Å². The number of unbranched alkanes of at least 4 members (excludes halogenated alkanes) is 2. The van der Waals surface area contributed by atoms with Crippen LogP contribution in [-0.2, 0) is 0 Å². The average Bonchev–Trinajstić information content (AvgIpc) is 2.81. The van der Waals surface area contributed by atoms with Crippen LogP contribution in [0.15, 0.2) is 23.0 Å². The number of H-pyrrole nitrogens is 2. The summed E-state index contributed by atoms with van der Waals surface area (Å²) in [6, 6.07) is 6.37. The summed E-state index contributed by atoms with van der Waals surface area (Å²) < 4.78 is 0. The van der Waals surface area contributed by atoms with E-state index >= 15 is 0 Å². The Morgan fingerprint density at radius 2 is 2.00 bits per heavy atom. The molecule has 0 fully saturated rings. The highest BCUT2D eigenvalue weighted by Crippen LogP contribution is 2.17. The zero-order valence-electron chi connectivity index (χ0n) is 12.2. The number of fused-ring (bicyclic) bond motifs is 1. The molecular weight excluding hydrogens is 270 g/mol. The van der Waals surface area contributed by atoms with Crippen molar-refractivity contribution in [3.63, 3.8) is 0 Å². The van der Waals surface area contributed by atoms with Crippen molar-refractivity contribution in [1.29, 1.82) is 0 Å². The Morgan fingerprint density at radius 1 is 1.20 bits per heavy atom. The summed E-state index contributed by atoms with van der Waals surface area (Å²) in [4.78, 5) is 16.8. The molecule has 20 heavy (non-hydrogen) atoms. The lowest BCUT2D eigenvalue weighted by Gasteiger charge is -2.14. The van der Waals surface area contributed by atoms with E-state index in [0.29, 0.717) is 6.04 Å². The van der Waals surface area contributed by atoms with Crippen LogP contribution < -0.4 is 11.0 Å². The van der Waals surface area contributed by atoms with E-state index in [9.17, 15) is 4.79 Å². The van der Waals surface area contributed by atoms with Crippen LogP contribution in [0.5, 0.6) is 0 Å². The third-order valence-electron chi connectivity index (χ3n) is 3.52. The minimum atomic E-state index is -0.147. The SMILES string of the molecule is CSCCCCCNC(C)c1ccc2[nH]c(=O)[nH]c2c1. The largest absolute Gasteiger partial charge is 0.323 e. The summed E-state index contributed by atoms with van der Waals surface area (Å²) in [6.45, 7) is 3.20. The Kier molecular flexibility index (Phi) is 5.73. The molecule has 0 aliphatic heterocycles. The third kappa shape index (κ3) is 4.15. The zero-order valence-corrected chi connectivity index (χ0v) is 13.0. The molecule has 0 aliphatic rings. The van der Waals surface area contributed by atoms with Crippen LogP contribution in [0.1, 0.15) is 37.8 Å². The minimum Gasteiger partial charge on any atom is -0.310 e. The Bertz CT molecular complexity index is 590. The highest BCUT2D eigenvalue weighted by atomic mass is 32.2. The molecule has 1 heterocycles. The molecule has 0 spiro atoms. The second-order valence-corrected chi connectivity index (χ2v) is 6.10. The van der Waals surface area contributed by atoms with Crippen molar-refractivity contribution in [2.45, 2.75) is 32.2 Å². The Balaban J connectivity index is 1.84. The van der Waals surface area contributed by atoms with E-state index in [0.717, 1.165) is 17.6 Å². The first kappa shape index (κ1) is 15.2. The number of imidazole rings is 1. The first-order valence-electron chi connectivity index (χ1n) is 7.15. The van der Waals surface area contributed by atoms with Gasteiger partial charge in [0.15, 0.2) is 0 Å². The molecule has 0 radical (unpaired) electrons. The van der Waals surface area contributed by atoms with Crippen molar-refractivity contribution in [2.24, 2.45) is 0 Å². The van der Waals surface area contributed by atoms with Gasteiger partial charge < -0.3 is 15.3 Å². The van der Waals surface area contributed by atoms with Crippen LogP contribution >= 0.6 is 11.8 Å². The molecule has 3 N–H and O–H groups in total. The monoisotopic (exact) mass is 293 g/mol. The summed E-state index contributed by atoms with van der Waals surface area (Å²) in [5, 5.41) is 3.54. The van der Waals surface area contributed by atoms with Crippen molar-refractivity contribution >= 4 is 22.8 Å². The van der Waals surface area contributed by atoms with Gasteiger partial charge in [0, 0.05) is 6.04 Å². The maximum Gasteiger partial charge on any atom is 0.323 e. The van der Waals surface area contributed by atoms with E-state index in [1.807, 2.05) is 23.9 Å². The standard InChI is InChI=1S/C15H23N3OS/c1-11(16-8-4-3-5-9-20-2)12-6-7-13-14(10-12)18-15(19)17-13/h6-7,10-11,16H,3-5,8-9H2,1-2H3,(H2,17,18,19). The molecule has 2 aromatic rings. The quantitative estimate of drug-likeness (QED) is 0.656. The fourth-order valence-electron chi connectivity index (χ4n) is 2.30. The molecule has 5 heteroatoms. The van der Waals surface area contributed by atoms with Crippen molar-refractivity contribution in [1.82, 2.24) is 15.3 Å². The van der Waals surface area contributed by atoms with Gasteiger partial charge in [-0.1, -0.05) is 12.5 Å². The average molecular weight is 293 g/mol. The van der Waals surface area contributed by atoms with Gasteiger partial charge in [0.2, 0.25) is 0 Å². The lowest BCUT2D eigenvalue weighted by Crippen LogP contribution is -2.19. The smallest absolute Gasteiger partial charge is 0.310 e. The highest BCUT2D eigenvalue weighted by molar-refractivity contribution is 7.98. The number of aromatic amines is 2. The topological polar surface area (TPSA) is 60.7 Å². The molecule has 0 bridgehead atoms. The van der Waals surface area contributed by atoms with Gasteiger partial charge in [0.05, 0.1) is 11.0 Å². The number of nitrogens with one attached hydrogen (secondary N) is 3. The maximum absolute atomic E-state index is 11.2. The Morgan fingerprint density at radius 3 is 2.80 bits per heavy atom. The van der Waals surface area contributed by atoms with Crippen molar-refractivity contribution in [2.75, 3.05) is 18.6 Å². The van der Waals surface area contributed by atoms with Gasteiger partial charge >= 0.3 is 5.69 Å². The van der Waals surface area contributed by atoms with Crippen molar-refractivity contribution in [3.05, 3.63) is 34.2 Å². The molecule has 1 atom stereocenters. The third-order valence-corrected chi connectivity index (χ3v) is 4.21. The van der Waals surface area contributed by atoms with E-state index in [1.165, 1.54) is 30.6 Å². The number of thioether (sulfide) groups is 1. The van der Waals surface area contributed by atoms with Crippen LogP contribution in [-0.4, -0.2) is 28.5 Å². The second kappa shape index (κ2) is 7.55. The fourth-order valence-corrected chi connectivity index (χ4v) is 2.80. The molecule has 110 valence electrons. The molecule has 4 nitrogen and oxygen atoms in total. The summed E-state index contributed by atoms with van der Waals surface area (Å²) in [5.74, 6) is 1.26. The van der Waals surface area contributed by atoms with E-state index < -0.39 is 0 Å². The molecular formula is C15H23N3OS. The lowest BCUT2D eigenvalue weighted by molar-refractivity contribution is 0.545. The number of hydrogen-bond acceptors (Lipinski definition) is 3. The van der Waals surface area contributed by atoms with Gasteiger partial charge in [-0.05, 0) is 56.0 Å². The molecule has 2 rings (SSSR count). The molecule has 1 aromatic heterocycles. The molecule has 1 aromatic carbocycles. The normalized spacial score (nSPS) is 12.9. The zero-order chi connectivity index (χ0) is 14.4. The fraction of sp³-hybridized carbons (Fsp3) is 0.533. The molecule has 0 saturated heterocycles. The van der Waals surface area contributed by atoms with Crippen LogP contribution in [0.4, 0.5) is 0 Å². The number of hydrogen-bond donors (Lipinski definition) is 3. The van der Waals surface area contributed by atoms with Gasteiger partial charge in [0.25, 0.3) is 0 Å². The maximum atomic E-state index is 11.2. The van der Waals surface area contributed by atoms with Gasteiger partial charge in [-0.25, -0.2) is 4.79 Å². The molecule has 0 saturated carbocycles. The highest BCUT2D eigenvalue weighted by Gasteiger charge is 2.06. The van der Waals surface area contributed by atoms with Crippen LogP contribution in [0, 0.1) is 0 Å². The van der Waals surface area contributed by atoms with Gasteiger partial charge in [0.1, 0.15) is 0 Å². The van der Waals surface area contributed by atoms with Gasteiger partial charge in [-0.15, -0.1) is 0 Å². The summed E-state index contributed by atoms with van der Waals surface area (Å²) in [6.07, 6.45) is 5.95. The number of benzene rings is 1. The lowest BCUT2D eigenvalue weighted by atomic mass is 10.1. The second-order valence-electron chi connectivity index (χ2n) is 5.11. The Hall–Kier alpha value is -1.20. The number of rotatable bonds is 8. The predicted molar refractivity (Wildman–Crippen MR) is 87.6 cm³/mol. The molecule has 0 aliphatic carbocycles. The Labute approximate surface area is 123 Å². The molecule has 0 amide bonds. The van der Waals surface area contributed by atoms with E-state index in [1.54, 1.807) is 0 Å². The van der Waals surface area contributed by atoms with Crippen LogP contribution in [0.2, 0.25) is 0 Å². The van der Waals surface area contributed by atoms with E-state index in [2.05, 4.69) is 34.5 Å². The first-order chi connectivity index (χ1) is 9.70. The van der Waals surface area contributed by atoms with Crippen molar-refractivity contribution in [3.8, 4) is 0 Å². The summed E-state index contributed by atoms with van der Waals surface area (Å²) in [7, 11) is 0. The van der Waals surface area contributed by atoms with E-state index in [4.69, 9.17) is 0 Å². The first-order valence-corrected chi connectivity index (χ1v) is 8.54. The van der Waals surface area contributed by atoms with Crippen LogP contribution in [0.3, 0.4) is 0 Å².